The van der Waals surface area contributed by atoms with Crippen molar-refractivity contribution in [3.05, 3.63) is 71.8 Å². The minimum Gasteiger partial charge on any atom is -0.480 e. The van der Waals surface area contributed by atoms with Gasteiger partial charge in [0, 0.05) is 37.4 Å². The van der Waals surface area contributed by atoms with Crippen LogP contribution in [0.1, 0.15) is 24.5 Å². The average Bonchev–Trinajstić information content (AvgIpc) is 3.13. The van der Waals surface area contributed by atoms with E-state index in [0.29, 0.717) is 22.6 Å². The average molecular weight is 537 g/mol. The van der Waals surface area contributed by atoms with E-state index in [9.17, 15) is 18.3 Å². The minimum atomic E-state index is -4.17. The summed E-state index contributed by atoms with van der Waals surface area (Å²) in [5.41, 5.74) is 8.17. The van der Waals surface area contributed by atoms with Crippen molar-refractivity contribution in [2.45, 2.75) is 19.9 Å². The zero-order valence-corrected chi connectivity index (χ0v) is 22.0. The summed E-state index contributed by atoms with van der Waals surface area (Å²) in [6.07, 6.45) is 0.907. The third-order valence-corrected chi connectivity index (χ3v) is 8.28. The highest BCUT2D eigenvalue weighted by Gasteiger charge is 2.26. The van der Waals surface area contributed by atoms with Crippen molar-refractivity contribution < 1.29 is 18.3 Å². The SMILES string of the molecule is CC(=N)N1CCCN(c2ccc(N(Cc3ccc4ccc(C(=N)N)cc4c3)S(=O)(=O)CC(=O)O)cc2)CC1. The second-order valence-corrected chi connectivity index (χ2v) is 11.3. The van der Waals surface area contributed by atoms with E-state index in [2.05, 4.69) is 4.90 Å². The molecule has 200 valence electrons. The summed E-state index contributed by atoms with van der Waals surface area (Å²) < 4.78 is 27.4. The number of carboxylic acid groups (broad SMARTS) is 1. The molecule has 38 heavy (non-hydrogen) atoms. The van der Waals surface area contributed by atoms with Crippen LogP contribution in [0.5, 0.6) is 0 Å². The van der Waals surface area contributed by atoms with Crippen LogP contribution in [0.25, 0.3) is 10.8 Å². The second-order valence-electron chi connectivity index (χ2n) is 9.40. The summed E-state index contributed by atoms with van der Waals surface area (Å²) in [4.78, 5) is 15.6. The largest absolute Gasteiger partial charge is 0.480 e. The highest BCUT2D eigenvalue weighted by Crippen LogP contribution is 2.27. The molecule has 0 spiro atoms. The number of hydrogen-bond donors (Lipinski definition) is 4. The smallest absolute Gasteiger partial charge is 0.320 e. The predicted octanol–water partition coefficient (Wildman–Crippen LogP) is 3.05. The molecule has 4 rings (SSSR count). The van der Waals surface area contributed by atoms with E-state index in [0.717, 1.165) is 53.4 Å². The van der Waals surface area contributed by atoms with Crippen molar-refractivity contribution in [3.63, 3.8) is 0 Å². The first-order valence-corrected chi connectivity index (χ1v) is 13.9. The Labute approximate surface area is 222 Å². The van der Waals surface area contributed by atoms with E-state index in [-0.39, 0.29) is 12.4 Å². The first kappa shape index (κ1) is 26.9. The molecule has 1 aliphatic heterocycles. The number of sulfonamides is 1. The number of anilines is 2. The predicted molar refractivity (Wildman–Crippen MR) is 151 cm³/mol. The van der Waals surface area contributed by atoms with Crippen molar-refractivity contribution in [2.75, 3.05) is 41.1 Å². The molecule has 3 aromatic carbocycles. The lowest BCUT2D eigenvalue weighted by Gasteiger charge is -2.27. The third-order valence-electron chi connectivity index (χ3n) is 6.66. The molecule has 0 aliphatic carbocycles. The normalized spacial score (nSPS) is 14.2. The molecule has 3 aromatic rings. The number of rotatable bonds is 8. The molecule has 10 nitrogen and oxygen atoms in total. The van der Waals surface area contributed by atoms with Crippen LogP contribution in [-0.4, -0.2) is 68.0 Å². The molecule has 11 heteroatoms. The van der Waals surface area contributed by atoms with Gasteiger partial charge in [-0.3, -0.25) is 19.9 Å². The third kappa shape index (κ3) is 6.23. The number of nitrogens with two attached hydrogens (primary N) is 1. The Hall–Kier alpha value is -4.12. The molecule has 0 amide bonds. The lowest BCUT2D eigenvalue weighted by Crippen LogP contribution is -2.35. The van der Waals surface area contributed by atoms with Gasteiger partial charge in [0.15, 0.2) is 5.75 Å². The fourth-order valence-electron chi connectivity index (χ4n) is 4.65. The molecule has 5 N–H and O–H groups in total. The summed E-state index contributed by atoms with van der Waals surface area (Å²) >= 11 is 0. The maximum atomic E-state index is 13.1. The van der Waals surface area contributed by atoms with E-state index in [1.807, 2.05) is 41.3 Å². The number of carbonyl (C=O) groups is 1. The number of nitrogens with one attached hydrogen (secondary N) is 2. The molecule has 0 unspecified atom stereocenters. The van der Waals surface area contributed by atoms with Gasteiger partial charge >= 0.3 is 5.97 Å². The summed E-state index contributed by atoms with van der Waals surface area (Å²) in [5, 5.41) is 26.6. The lowest BCUT2D eigenvalue weighted by molar-refractivity contribution is -0.134. The van der Waals surface area contributed by atoms with E-state index >= 15 is 0 Å². The standard InChI is InChI=1S/C27H32N6O4S/c1-19(28)31-11-2-12-32(14-13-31)24-7-9-25(10-8-24)33(38(36,37)18-26(34)35)17-20-3-4-21-5-6-22(27(29)30)16-23(21)15-20/h3-10,15-16,28H,2,11-14,17-18H2,1H3,(H3,29,30)(H,34,35). The Morgan fingerprint density at radius 2 is 1.68 bits per heavy atom. The maximum absolute atomic E-state index is 13.1. The van der Waals surface area contributed by atoms with Crippen LogP contribution >= 0.6 is 0 Å². The number of hydrogen-bond acceptors (Lipinski definition) is 6. The Morgan fingerprint density at radius 3 is 2.34 bits per heavy atom. The van der Waals surface area contributed by atoms with Gasteiger partial charge in [0.1, 0.15) is 5.84 Å². The van der Waals surface area contributed by atoms with E-state index in [4.69, 9.17) is 16.6 Å². The second kappa shape index (κ2) is 11.1. The Bertz CT molecular complexity index is 1470. The zero-order valence-electron chi connectivity index (χ0n) is 21.2. The van der Waals surface area contributed by atoms with E-state index < -0.39 is 21.7 Å². The fourth-order valence-corrected chi connectivity index (χ4v) is 5.91. The fraction of sp³-hybridized carbons (Fsp3) is 0.296. The number of amidine groups is 2. The number of aliphatic carboxylic acids is 1. The van der Waals surface area contributed by atoms with E-state index in [1.165, 1.54) is 0 Å². The van der Waals surface area contributed by atoms with Gasteiger partial charge in [-0.05, 0) is 66.1 Å². The van der Waals surface area contributed by atoms with Crippen LogP contribution in [0, 0.1) is 10.8 Å². The molecule has 1 aliphatic rings. The summed E-state index contributed by atoms with van der Waals surface area (Å²) in [6, 6.07) is 18.0. The van der Waals surface area contributed by atoms with Crippen LogP contribution in [0.4, 0.5) is 11.4 Å². The van der Waals surface area contributed by atoms with Crippen molar-refractivity contribution in [1.82, 2.24) is 4.90 Å². The number of nitrogen functional groups attached to an aromatic ring is 1. The zero-order chi connectivity index (χ0) is 27.4. The quantitative estimate of drug-likeness (QED) is 0.255. The Balaban J connectivity index is 1.63. The molecule has 0 bridgehead atoms. The van der Waals surface area contributed by atoms with Gasteiger partial charge in [-0.1, -0.05) is 24.3 Å². The molecule has 1 heterocycles. The molecular weight excluding hydrogens is 504 g/mol. The molecule has 0 radical (unpaired) electrons. The van der Waals surface area contributed by atoms with Gasteiger partial charge in [-0.2, -0.15) is 0 Å². The van der Waals surface area contributed by atoms with Gasteiger partial charge < -0.3 is 20.6 Å². The highest BCUT2D eigenvalue weighted by molar-refractivity contribution is 7.93. The number of nitrogens with zero attached hydrogens (tertiary/aromatic N) is 3. The number of carboxylic acids is 1. The highest BCUT2D eigenvalue weighted by atomic mass is 32.2. The van der Waals surface area contributed by atoms with E-state index in [1.54, 1.807) is 31.2 Å². The molecule has 0 aromatic heterocycles. The van der Waals surface area contributed by atoms with Crippen LogP contribution in [0.15, 0.2) is 60.7 Å². The van der Waals surface area contributed by atoms with Gasteiger partial charge in [0.25, 0.3) is 0 Å². The maximum Gasteiger partial charge on any atom is 0.320 e. The van der Waals surface area contributed by atoms with Gasteiger partial charge in [0.05, 0.1) is 18.1 Å². The Morgan fingerprint density at radius 1 is 0.974 bits per heavy atom. The van der Waals surface area contributed by atoms with Crippen LogP contribution in [-0.2, 0) is 21.4 Å². The first-order chi connectivity index (χ1) is 18.0. The molecule has 1 saturated heterocycles. The van der Waals surface area contributed by atoms with Crippen molar-refractivity contribution >= 4 is 49.8 Å². The van der Waals surface area contributed by atoms with Crippen LogP contribution in [0.3, 0.4) is 0 Å². The summed E-state index contributed by atoms with van der Waals surface area (Å²) in [7, 11) is -4.17. The monoisotopic (exact) mass is 536 g/mol. The minimum absolute atomic E-state index is 0.0491. The van der Waals surface area contributed by atoms with Gasteiger partial charge in [-0.25, -0.2) is 8.42 Å². The molecular formula is C27H32N6O4S. The number of benzene rings is 3. The first-order valence-electron chi connectivity index (χ1n) is 12.3. The van der Waals surface area contributed by atoms with Crippen LogP contribution < -0.4 is 14.9 Å². The lowest BCUT2D eigenvalue weighted by atomic mass is 10.0. The van der Waals surface area contributed by atoms with Gasteiger partial charge in [-0.15, -0.1) is 0 Å². The van der Waals surface area contributed by atoms with Gasteiger partial charge in [0.2, 0.25) is 10.0 Å². The molecule has 1 fully saturated rings. The molecule has 0 saturated carbocycles. The summed E-state index contributed by atoms with van der Waals surface area (Å²) in [5.74, 6) is -1.96. The topological polar surface area (TPSA) is 155 Å². The molecule has 0 atom stereocenters. The number of fused-ring (bicyclic) bond motifs is 1. The van der Waals surface area contributed by atoms with Crippen molar-refractivity contribution in [3.8, 4) is 0 Å². The Kier molecular flexibility index (Phi) is 7.86. The van der Waals surface area contributed by atoms with Crippen molar-refractivity contribution in [2.24, 2.45) is 5.73 Å². The van der Waals surface area contributed by atoms with Crippen LogP contribution in [0.2, 0.25) is 0 Å². The summed E-state index contributed by atoms with van der Waals surface area (Å²) in [6.45, 7) is 4.87. The van der Waals surface area contributed by atoms with Crippen molar-refractivity contribution in [1.29, 1.82) is 10.8 Å².